The Morgan fingerprint density at radius 1 is 1.07 bits per heavy atom. The van der Waals surface area contributed by atoms with Crippen molar-refractivity contribution in [1.82, 2.24) is 9.73 Å². The van der Waals surface area contributed by atoms with Crippen LogP contribution in [0.15, 0.2) is 58.5 Å². The lowest BCUT2D eigenvalue weighted by molar-refractivity contribution is 0.346. The number of thiocarbonyl (C=S) groups is 1. The van der Waals surface area contributed by atoms with Gasteiger partial charge in [0, 0.05) is 24.3 Å². The maximum Gasteiger partial charge on any atom is 0.243 e. The van der Waals surface area contributed by atoms with Gasteiger partial charge in [-0.1, -0.05) is 18.6 Å². The van der Waals surface area contributed by atoms with Crippen LogP contribution in [0.25, 0.3) is 0 Å². The Morgan fingerprint density at radius 2 is 1.75 bits per heavy atom. The second-order valence-electron chi connectivity index (χ2n) is 6.37. The Bertz CT molecular complexity index is 953. The predicted molar refractivity (Wildman–Crippen MR) is 114 cm³/mol. The second-order valence-corrected chi connectivity index (χ2v) is 8.72. The molecule has 1 fully saturated rings. The Kier molecular flexibility index (Phi) is 6.61. The van der Waals surface area contributed by atoms with Gasteiger partial charge in [0.15, 0.2) is 5.11 Å². The smallest absolute Gasteiger partial charge is 0.243 e. The SMILES string of the molecule is O=S(=O)(c1ccc(NC(=S)N/N=C\c2ccccc2O)cc1)N1CCCCC1. The van der Waals surface area contributed by atoms with E-state index in [1.54, 1.807) is 52.8 Å². The summed E-state index contributed by atoms with van der Waals surface area (Å²) in [5.41, 5.74) is 3.86. The number of sulfonamides is 1. The molecule has 28 heavy (non-hydrogen) atoms. The molecule has 2 aromatic rings. The lowest BCUT2D eigenvalue weighted by Crippen LogP contribution is -2.35. The van der Waals surface area contributed by atoms with E-state index in [2.05, 4.69) is 15.8 Å². The first-order valence-electron chi connectivity index (χ1n) is 8.95. The summed E-state index contributed by atoms with van der Waals surface area (Å²) in [6.45, 7) is 1.15. The third-order valence-corrected chi connectivity index (χ3v) is 6.48. The molecule has 3 N–H and O–H groups in total. The van der Waals surface area contributed by atoms with Gasteiger partial charge in [-0.25, -0.2) is 8.42 Å². The number of nitrogens with one attached hydrogen (secondary N) is 2. The molecule has 3 rings (SSSR count). The van der Waals surface area contributed by atoms with E-state index in [-0.39, 0.29) is 15.8 Å². The Labute approximate surface area is 170 Å². The Balaban J connectivity index is 1.58. The zero-order chi connectivity index (χ0) is 20.0. The lowest BCUT2D eigenvalue weighted by atomic mass is 10.2. The zero-order valence-corrected chi connectivity index (χ0v) is 16.8. The zero-order valence-electron chi connectivity index (χ0n) is 15.2. The summed E-state index contributed by atoms with van der Waals surface area (Å²) in [7, 11) is -3.45. The molecular weight excluding hydrogens is 396 g/mol. The van der Waals surface area contributed by atoms with Crippen molar-refractivity contribution in [3.05, 3.63) is 54.1 Å². The van der Waals surface area contributed by atoms with Crippen LogP contribution >= 0.6 is 12.2 Å². The third kappa shape index (κ3) is 5.06. The summed E-state index contributed by atoms with van der Waals surface area (Å²) in [6.07, 6.45) is 4.34. The van der Waals surface area contributed by atoms with Crippen molar-refractivity contribution in [3.63, 3.8) is 0 Å². The molecule has 0 aromatic heterocycles. The molecule has 0 aliphatic carbocycles. The fourth-order valence-corrected chi connectivity index (χ4v) is 4.57. The first-order chi connectivity index (χ1) is 13.5. The van der Waals surface area contributed by atoms with Crippen LogP contribution < -0.4 is 10.7 Å². The maximum absolute atomic E-state index is 12.7. The van der Waals surface area contributed by atoms with Gasteiger partial charge in [-0.3, -0.25) is 5.43 Å². The van der Waals surface area contributed by atoms with E-state index in [4.69, 9.17) is 12.2 Å². The number of benzene rings is 2. The first-order valence-corrected chi connectivity index (χ1v) is 10.8. The van der Waals surface area contributed by atoms with E-state index in [9.17, 15) is 13.5 Å². The van der Waals surface area contributed by atoms with Crippen LogP contribution in [0.1, 0.15) is 24.8 Å². The number of nitrogens with zero attached hydrogens (tertiary/aromatic N) is 2. The average Bonchev–Trinajstić information content (AvgIpc) is 2.70. The molecular formula is C19H22N4O3S2. The Hall–Kier alpha value is -2.49. The molecule has 2 aromatic carbocycles. The highest BCUT2D eigenvalue weighted by Gasteiger charge is 2.25. The molecule has 9 heteroatoms. The molecule has 148 valence electrons. The highest BCUT2D eigenvalue weighted by Crippen LogP contribution is 2.22. The molecule has 1 aliphatic heterocycles. The number of phenols is 1. The average molecular weight is 419 g/mol. The Morgan fingerprint density at radius 3 is 2.43 bits per heavy atom. The highest BCUT2D eigenvalue weighted by molar-refractivity contribution is 7.89. The monoisotopic (exact) mass is 418 g/mol. The van der Waals surface area contributed by atoms with Gasteiger partial charge in [-0.05, 0) is 61.5 Å². The molecule has 1 aliphatic rings. The van der Waals surface area contributed by atoms with Crippen LogP contribution in [0, 0.1) is 0 Å². The molecule has 0 atom stereocenters. The molecule has 7 nitrogen and oxygen atoms in total. The van der Waals surface area contributed by atoms with Gasteiger partial charge in [-0.15, -0.1) is 0 Å². The van der Waals surface area contributed by atoms with Crippen molar-refractivity contribution in [3.8, 4) is 5.75 Å². The normalized spacial score (nSPS) is 15.4. The van der Waals surface area contributed by atoms with Crippen molar-refractivity contribution >= 4 is 39.3 Å². The van der Waals surface area contributed by atoms with Crippen molar-refractivity contribution in [2.24, 2.45) is 5.10 Å². The largest absolute Gasteiger partial charge is 0.507 e. The van der Waals surface area contributed by atoms with Crippen LogP contribution in [0.2, 0.25) is 0 Å². The fraction of sp³-hybridized carbons (Fsp3) is 0.263. The van der Waals surface area contributed by atoms with Gasteiger partial charge in [0.25, 0.3) is 0 Å². The van der Waals surface area contributed by atoms with Crippen LogP contribution in [0.5, 0.6) is 5.75 Å². The lowest BCUT2D eigenvalue weighted by Gasteiger charge is -2.25. The second kappa shape index (κ2) is 9.13. The highest BCUT2D eigenvalue weighted by atomic mass is 32.2. The van der Waals surface area contributed by atoms with Gasteiger partial charge >= 0.3 is 0 Å². The molecule has 0 radical (unpaired) electrons. The van der Waals surface area contributed by atoms with E-state index in [1.165, 1.54) is 6.21 Å². The molecule has 0 bridgehead atoms. The number of hydrogen-bond acceptors (Lipinski definition) is 5. The van der Waals surface area contributed by atoms with Crippen molar-refractivity contribution in [1.29, 1.82) is 0 Å². The minimum atomic E-state index is -3.45. The van der Waals surface area contributed by atoms with Gasteiger partial charge in [-0.2, -0.15) is 9.41 Å². The predicted octanol–water partition coefficient (Wildman–Crippen LogP) is 2.89. The van der Waals surface area contributed by atoms with Gasteiger partial charge in [0.2, 0.25) is 10.0 Å². The molecule has 0 amide bonds. The van der Waals surface area contributed by atoms with E-state index >= 15 is 0 Å². The number of hydrazone groups is 1. The molecule has 0 unspecified atom stereocenters. The minimum Gasteiger partial charge on any atom is -0.507 e. The van der Waals surface area contributed by atoms with Crippen molar-refractivity contribution in [2.45, 2.75) is 24.2 Å². The number of rotatable bonds is 5. The van der Waals surface area contributed by atoms with E-state index < -0.39 is 10.0 Å². The summed E-state index contributed by atoms with van der Waals surface area (Å²) >= 11 is 5.17. The van der Waals surface area contributed by atoms with Crippen LogP contribution in [0.3, 0.4) is 0 Å². The van der Waals surface area contributed by atoms with Crippen LogP contribution in [-0.2, 0) is 10.0 Å². The van der Waals surface area contributed by atoms with E-state index in [1.807, 2.05) is 0 Å². The summed E-state index contributed by atoms with van der Waals surface area (Å²) < 4.78 is 26.8. The fourth-order valence-electron chi connectivity index (χ4n) is 2.88. The van der Waals surface area contributed by atoms with Gasteiger partial charge in [0.1, 0.15) is 5.75 Å². The molecule has 0 saturated carbocycles. The summed E-state index contributed by atoms with van der Waals surface area (Å²) in [5, 5.41) is 16.8. The van der Waals surface area contributed by atoms with Crippen molar-refractivity contribution in [2.75, 3.05) is 18.4 Å². The maximum atomic E-state index is 12.7. The van der Waals surface area contributed by atoms with Crippen LogP contribution in [-0.4, -0.2) is 42.2 Å². The number of aromatic hydroxyl groups is 1. The topological polar surface area (TPSA) is 94.0 Å². The number of phenolic OH excluding ortho intramolecular Hbond substituents is 1. The molecule has 1 saturated heterocycles. The number of piperidine rings is 1. The van der Waals surface area contributed by atoms with E-state index in [0.29, 0.717) is 24.3 Å². The molecule has 1 heterocycles. The summed E-state index contributed by atoms with van der Waals surface area (Å²) in [5.74, 6) is 0.123. The third-order valence-electron chi connectivity index (χ3n) is 4.37. The number of para-hydroxylation sites is 1. The minimum absolute atomic E-state index is 0.123. The number of anilines is 1. The molecule has 0 spiro atoms. The summed E-state index contributed by atoms with van der Waals surface area (Å²) in [4.78, 5) is 0.274. The summed E-state index contributed by atoms with van der Waals surface area (Å²) in [6, 6.07) is 13.3. The quantitative estimate of drug-likeness (QED) is 0.393. The first kappa shape index (κ1) is 20.2. The van der Waals surface area contributed by atoms with Crippen LogP contribution in [0.4, 0.5) is 5.69 Å². The standard InChI is InChI=1S/C19H22N4O3S2/c24-18-7-3-2-6-15(18)14-20-22-19(27)21-16-8-10-17(11-9-16)28(25,26)23-12-4-1-5-13-23/h2-3,6-11,14,24H,1,4-5,12-13H2,(H2,21,22,27)/b20-14-. The van der Waals surface area contributed by atoms with E-state index in [0.717, 1.165) is 19.3 Å². The number of hydrogen-bond donors (Lipinski definition) is 3. The van der Waals surface area contributed by atoms with Gasteiger partial charge in [0.05, 0.1) is 11.1 Å². The van der Waals surface area contributed by atoms with Gasteiger partial charge < -0.3 is 10.4 Å². The van der Waals surface area contributed by atoms with Crippen molar-refractivity contribution < 1.29 is 13.5 Å².